The summed E-state index contributed by atoms with van der Waals surface area (Å²) in [7, 11) is 1.69. The standard InChI is InChI=1S/C22H21ClN2O5S/c1-11-8-12(13-4-3-5-14(13)21(11)29-2)9-15-19(16-6-7-17(23)31-16)24-25-20(15)22(28)30-10-18(26)27/h6-8H,3-5,9-10H2,1-2H3,(H,24,25)(H,26,27). The predicted octanol–water partition coefficient (Wildman–Crippen LogP) is 4.43. The van der Waals surface area contributed by atoms with Crippen molar-refractivity contribution in [3.05, 3.63) is 56.0 Å². The zero-order valence-corrected chi connectivity index (χ0v) is 18.7. The lowest BCUT2D eigenvalue weighted by atomic mass is 9.93. The van der Waals surface area contributed by atoms with Crippen molar-refractivity contribution in [1.82, 2.24) is 10.2 Å². The van der Waals surface area contributed by atoms with Crippen LogP contribution in [0.4, 0.5) is 0 Å². The highest BCUT2D eigenvalue weighted by atomic mass is 35.5. The third-order valence-electron chi connectivity index (χ3n) is 5.41. The van der Waals surface area contributed by atoms with E-state index >= 15 is 0 Å². The molecule has 1 aliphatic rings. The van der Waals surface area contributed by atoms with Crippen LogP contribution in [0.1, 0.15) is 44.7 Å². The van der Waals surface area contributed by atoms with Crippen molar-refractivity contribution in [2.45, 2.75) is 32.6 Å². The van der Waals surface area contributed by atoms with Crippen molar-refractivity contribution < 1.29 is 24.2 Å². The normalized spacial score (nSPS) is 12.6. The summed E-state index contributed by atoms with van der Waals surface area (Å²) >= 11 is 7.49. The molecule has 2 heterocycles. The molecule has 2 aromatic heterocycles. The van der Waals surface area contributed by atoms with Gasteiger partial charge in [-0.1, -0.05) is 17.7 Å². The van der Waals surface area contributed by atoms with Crippen LogP contribution in [0, 0.1) is 6.92 Å². The molecule has 0 saturated carbocycles. The van der Waals surface area contributed by atoms with Crippen molar-refractivity contribution in [3.8, 4) is 16.3 Å². The molecule has 0 fully saturated rings. The quantitative estimate of drug-likeness (QED) is 0.506. The third kappa shape index (κ3) is 4.18. The Labute approximate surface area is 188 Å². The van der Waals surface area contributed by atoms with E-state index in [4.69, 9.17) is 26.2 Å². The van der Waals surface area contributed by atoms with Crippen molar-refractivity contribution in [3.63, 3.8) is 0 Å². The van der Waals surface area contributed by atoms with E-state index in [-0.39, 0.29) is 5.69 Å². The molecule has 1 aromatic carbocycles. The number of carbonyl (C=O) groups is 2. The number of carbonyl (C=O) groups excluding carboxylic acids is 1. The van der Waals surface area contributed by atoms with Crippen LogP contribution in [0.3, 0.4) is 0 Å². The Hall–Kier alpha value is -2.84. The molecule has 31 heavy (non-hydrogen) atoms. The van der Waals surface area contributed by atoms with E-state index in [1.54, 1.807) is 13.2 Å². The van der Waals surface area contributed by atoms with E-state index < -0.39 is 18.5 Å². The average Bonchev–Trinajstić information content (AvgIpc) is 3.46. The molecular formula is C22H21ClN2O5S. The summed E-state index contributed by atoms with van der Waals surface area (Å²) in [6.07, 6.45) is 3.40. The number of hydrogen-bond acceptors (Lipinski definition) is 6. The van der Waals surface area contributed by atoms with Crippen LogP contribution in [0.5, 0.6) is 5.75 Å². The van der Waals surface area contributed by atoms with Gasteiger partial charge in [-0.15, -0.1) is 11.3 Å². The molecule has 1 aliphatic carbocycles. The highest BCUT2D eigenvalue weighted by Crippen LogP contribution is 2.39. The Bertz CT molecular complexity index is 1170. The van der Waals surface area contributed by atoms with Gasteiger partial charge in [0, 0.05) is 12.0 Å². The van der Waals surface area contributed by atoms with E-state index in [1.165, 1.54) is 22.5 Å². The number of aliphatic carboxylic acids is 1. The largest absolute Gasteiger partial charge is 0.496 e. The lowest BCUT2D eigenvalue weighted by Gasteiger charge is -2.16. The van der Waals surface area contributed by atoms with E-state index in [0.29, 0.717) is 22.0 Å². The summed E-state index contributed by atoms with van der Waals surface area (Å²) in [4.78, 5) is 24.3. The maximum atomic E-state index is 12.6. The predicted molar refractivity (Wildman–Crippen MR) is 117 cm³/mol. The van der Waals surface area contributed by atoms with Gasteiger partial charge in [-0.05, 0) is 60.6 Å². The molecule has 0 aliphatic heterocycles. The summed E-state index contributed by atoms with van der Waals surface area (Å²) in [6, 6.07) is 5.73. The van der Waals surface area contributed by atoms with Gasteiger partial charge in [-0.3, -0.25) is 5.10 Å². The number of rotatable bonds is 7. The molecule has 0 atom stereocenters. The molecule has 0 bridgehead atoms. The second-order valence-electron chi connectivity index (χ2n) is 7.37. The minimum Gasteiger partial charge on any atom is -0.496 e. The van der Waals surface area contributed by atoms with Gasteiger partial charge in [0.15, 0.2) is 12.3 Å². The van der Waals surface area contributed by atoms with Crippen molar-refractivity contribution in [2.24, 2.45) is 0 Å². The van der Waals surface area contributed by atoms with E-state index in [2.05, 4.69) is 16.3 Å². The number of esters is 1. The maximum Gasteiger partial charge on any atom is 0.359 e. The number of benzene rings is 1. The van der Waals surface area contributed by atoms with E-state index in [1.807, 2.05) is 13.0 Å². The first kappa shape index (κ1) is 21.4. The van der Waals surface area contributed by atoms with Gasteiger partial charge in [0.25, 0.3) is 0 Å². The smallest absolute Gasteiger partial charge is 0.359 e. The summed E-state index contributed by atoms with van der Waals surface area (Å²) in [6.45, 7) is 1.29. The minimum atomic E-state index is -1.22. The number of aromatic nitrogens is 2. The van der Waals surface area contributed by atoms with Crippen LogP contribution in [-0.2, 0) is 28.8 Å². The fourth-order valence-corrected chi connectivity index (χ4v) is 5.25. The van der Waals surface area contributed by atoms with Gasteiger partial charge in [-0.25, -0.2) is 9.59 Å². The number of aryl methyl sites for hydroxylation is 1. The number of fused-ring (bicyclic) bond motifs is 1. The Balaban J connectivity index is 1.79. The number of nitrogens with one attached hydrogen (secondary N) is 1. The lowest BCUT2D eigenvalue weighted by molar-refractivity contribution is -0.140. The van der Waals surface area contributed by atoms with Gasteiger partial charge >= 0.3 is 11.9 Å². The number of carboxylic acids is 1. The zero-order chi connectivity index (χ0) is 22.1. The molecule has 0 unspecified atom stereocenters. The number of ether oxygens (including phenoxy) is 2. The number of nitrogens with zero attached hydrogens (tertiary/aromatic N) is 1. The van der Waals surface area contributed by atoms with Crippen molar-refractivity contribution in [1.29, 1.82) is 0 Å². The molecule has 3 aromatic rings. The molecule has 0 spiro atoms. The van der Waals surface area contributed by atoms with Crippen molar-refractivity contribution in [2.75, 3.05) is 13.7 Å². The van der Waals surface area contributed by atoms with Gasteiger partial charge < -0.3 is 14.6 Å². The number of halogens is 1. The number of thiophene rings is 1. The molecule has 2 N–H and O–H groups in total. The molecule has 4 rings (SSSR count). The van der Waals surface area contributed by atoms with E-state index in [0.717, 1.165) is 41.0 Å². The molecule has 0 radical (unpaired) electrons. The fourth-order valence-electron chi connectivity index (χ4n) is 4.19. The summed E-state index contributed by atoms with van der Waals surface area (Å²) in [5.74, 6) is -1.07. The number of H-pyrrole nitrogens is 1. The first-order valence-corrected chi connectivity index (χ1v) is 11.0. The van der Waals surface area contributed by atoms with Crippen LogP contribution in [0.2, 0.25) is 4.34 Å². The highest BCUT2D eigenvalue weighted by Gasteiger charge is 2.27. The molecular weight excluding hydrogens is 440 g/mol. The first-order chi connectivity index (χ1) is 14.9. The number of hydrogen-bond donors (Lipinski definition) is 2. The monoisotopic (exact) mass is 460 g/mol. The summed E-state index contributed by atoms with van der Waals surface area (Å²) in [5, 5.41) is 16.0. The summed E-state index contributed by atoms with van der Waals surface area (Å²) in [5.41, 5.74) is 6.02. The Kier molecular flexibility index (Phi) is 6.02. The maximum absolute atomic E-state index is 12.6. The zero-order valence-electron chi connectivity index (χ0n) is 17.1. The summed E-state index contributed by atoms with van der Waals surface area (Å²) < 4.78 is 11.2. The molecule has 7 nitrogen and oxygen atoms in total. The van der Waals surface area contributed by atoms with Crippen LogP contribution < -0.4 is 4.74 Å². The number of methoxy groups -OCH3 is 1. The van der Waals surface area contributed by atoms with Gasteiger partial charge in [0.1, 0.15) is 5.75 Å². The average molecular weight is 461 g/mol. The minimum absolute atomic E-state index is 0.0843. The van der Waals surface area contributed by atoms with Gasteiger partial charge in [0.05, 0.1) is 22.0 Å². The lowest BCUT2D eigenvalue weighted by Crippen LogP contribution is -2.15. The first-order valence-electron chi connectivity index (χ1n) is 9.79. The molecule has 9 heteroatoms. The molecule has 0 saturated heterocycles. The van der Waals surface area contributed by atoms with Crippen LogP contribution in [0.25, 0.3) is 10.6 Å². The van der Waals surface area contributed by atoms with Gasteiger partial charge in [-0.2, -0.15) is 5.10 Å². The van der Waals surface area contributed by atoms with E-state index in [9.17, 15) is 9.59 Å². The van der Waals surface area contributed by atoms with Crippen LogP contribution >= 0.6 is 22.9 Å². The Morgan fingerprint density at radius 1 is 1.29 bits per heavy atom. The van der Waals surface area contributed by atoms with Crippen LogP contribution in [-0.4, -0.2) is 41.0 Å². The second kappa shape index (κ2) is 8.72. The molecule has 0 amide bonds. The number of carboxylic acid groups (broad SMARTS) is 1. The SMILES string of the molecule is COc1c(C)cc(Cc2c(C(=O)OCC(=O)O)n[nH]c2-c2ccc(Cl)s2)c2c1CCC2. The Morgan fingerprint density at radius 2 is 2.06 bits per heavy atom. The second-order valence-corrected chi connectivity index (χ2v) is 9.09. The molecule has 162 valence electrons. The fraction of sp³-hybridized carbons (Fsp3) is 0.318. The highest BCUT2D eigenvalue weighted by molar-refractivity contribution is 7.19. The number of aromatic amines is 1. The van der Waals surface area contributed by atoms with Crippen LogP contribution in [0.15, 0.2) is 18.2 Å². The third-order valence-corrected chi connectivity index (χ3v) is 6.66. The topological polar surface area (TPSA) is 102 Å². The van der Waals surface area contributed by atoms with Gasteiger partial charge in [0.2, 0.25) is 0 Å². The Morgan fingerprint density at radius 3 is 2.74 bits per heavy atom. The van der Waals surface area contributed by atoms with Crippen molar-refractivity contribution >= 4 is 34.9 Å².